The zero-order chi connectivity index (χ0) is 18.0. The number of carbonyl (C=O) groups excluding carboxylic acids is 1. The van der Waals surface area contributed by atoms with Gasteiger partial charge < -0.3 is 15.6 Å². The van der Waals surface area contributed by atoms with Crippen LogP contribution >= 0.6 is 0 Å². The second-order valence-corrected chi connectivity index (χ2v) is 5.50. The minimum absolute atomic E-state index is 0.357. The van der Waals surface area contributed by atoms with Gasteiger partial charge in [-0.3, -0.25) is 15.5 Å². The van der Waals surface area contributed by atoms with Gasteiger partial charge in [0.2, 0.25) is 0 Å². The number of nitrogen functional groups attached to an aromatic ring is 1. The summed E-state index contributed by atoms with van der Waals surface area (Å²) in [4.78, 5) is 12.6. The number of nitrogens with zero attached hydrogens (tertiary/aromatic N) is 2. The van der Waals surface area contributed by atoms with Crippen LogP contribution in [0.1, 0.15) is 22.8 Å². The molecule has 3 aromatic rings. The lowest BCUT2D eigenvalue weighted by atomic mass is 10.1. The normalized spacial score (nSPS) is 10.4. The van der Waals surface area contributed by atoms with Crippen molar-refractivity contribution < 1.29 is 10.0 Å². The standard InChI is InChI=1S/C18H17N5O2/c1-2-23-16-9-12(20)6-7-14(16)15(10-19)17(23)21-18(24)11-4-3-5-13(8-11)22-25/h3-9,22,25H,2,20H2,1H3,(H,21,24). The Labute approximate surface area is 144 Å². The number of aryl methyl sites for hydroxylation is 1. The molecule has 7 heteroatoms. The number of amides is 1. The van der Waals surface area contributed by atoms with Crippen molar-refractivity contribution in [3.63, 3.8) is 0 Å². The smallest absolute Gasteiger partial charge is 0.256 e. The molecule has 0 spiro atoms. The van der Waals surface area contributed by atoms with Crippen LogP contribution in [-0.4, -0.2) is 15.7 Å². The number of fused-ring (bicyclic) bond motifs is 1. The summed E-state index contributed by atoms with van der Waals surface area (Å²) in [5.41, 5.74) is 10.4. The molecule has 0 aliphatic carbocycles. The van der Waals surface area contributed by atoms with E-state index in [0.717, 1.165) is 10.9 Å². The summed E-state index contributed by atoms with van der Waals surface area (Å²) in [5, 5.41) is 22.1. The van der Waals surface area contributed by atoms with E-state index in [-0.39, 0.29) is 5.91 Å². The quantitative estimate of drug-likeness (QED) is 0.432. The third-order valence-corrected chi connectivity index (χ3v) is 4.00. The SMILES string of the molecule is CCn1c(NC(=O)c2cccc(NO)c2)c(C#N)c2ccc(N)cc21. The first-order valence-corrected chi connectivity index (χ1v) is 7.72. The number of benzene rings is 2. The number of nitrogens with two attached hydrogens (primary N) is 1. The molecule has 7 nitrogen and oxygen atoms in total. The molecule has 0 saturated carbocycles. The lowest BCUT2D eigenvalue weighted by Gasteiger charge is -2.11. The first kappa shape index (κ1) is 16.4. The molecular weight excluding hydrogens is 318 g/mol. The summed E-state index contributed by atoms with van der Waals surface area (Å²) >= 11 is 0. The Morgan fingerprint density at radius 3 is 2.80 bits per heavy atom. The van der Waals surface area contributed by atoms with E-state index in [0.29, 0.717) is 34.9 Å². The number of hydrogen-bond acceptors (Lipinski definition) is 5. The Morgan fingerprint density at radius 1 is 1.32 bits per heavy atom. The molecule has 1 heterocycles. The van der Waals surface area contributed by atoms with Gasteiger partial charge >= 0.3 is 0 Å². The summed E-state index contributed by atoms with van der Waals surface area (Å²) in [5.74, 6) is 0.0528. The minimum atomic E-state index is -0.376. The van der Waals surface area contributed by atoms with Crippen LogP contribution in [0.2, 0.25) is 0 Å². The molecule has 3 rings (SSSR count). The monoisotopic (exact) mass is 335 g/mol. The number of hydrogen-bond donors (Lipinski definition) is 4. The molecule has 0 aliphatic heterocycles. The van der Waals surface area contributed by atoms with Crippen molar-refractivity contribution in [2.45, 2.75) is 13.5 Å². The number of anilines is 3. The molecule has 126 valence electrons. The molecule has 0 atom stereocenters. The number of carbonyl (C=O) groups is 1. The molecular formula is C18H17N5O2. The van der Waals surface area contributed by atoms with Gasteiger partial charge in [-0.05, 0) is 43.3 Å². The molecule has 0 radical (unpaired) electrons. The van der Waals surface area contributed by atoms with Crippen molar-refractivity contribution in [3.8, 4) is 6.07 Å². The topological polar surface area (TPSA) is 116 Å². The molecule has 25 heavy (non-hydrogen) atoms. The van der Waals surface area contributed by atoms with Gasteiger partial charge in [0.05, 0.1) is 11.2 Å². The van der Waals surface area contributed by atoms with Gasteiger partial charge in [0.25, 0.3) is 5.91 Å². The van der Waals surface area contributed by atoms with Crippen molar-refractivity contribution in [3.05, 3.63) is 53.6 Å². The van der Waals surface area contributed by atoms with Gasteiger partial charge in [0, 0.05) is 23.2 Å². The van der Waals surface area contributed by atoms with Gasteiger partial charge in [-0.25, -0.2) is 0 Å². The van der Waals surface area contributed by atoms with Crippen molar-refractivity contribution in [1.82, 2.24) is 4.57 Å². The lowest BCUT2D eigenvalue weighted by Crippen LogP contribution is -2.16. The van der Waals surface area contributed by atoms with Crippen LogP contribution < -0.4 is 16.5 Å². The van der Waals surface area contributed by atoms with Gasteiger partial charge in [0.1, 0.15) is 17.5 Å². The van der Waals surface area contributed by atoms with Crippen molar-refractivity contribution >= 4 is 34.0 Å². The molecule has 1 aromatic heterocycles. The maximum Gasteiger partial charge on any atom is 0.256 e. The fraction of sp³-hybridized carbons (Fsp3) is 0.111. The van der Waals surface area contributed by atoms with E-state index in [1.165, 1.54) is 6.07 Å². The Balaban J connectivity index is 2.09. The van der Waals surface area contributed by atoms with Crippen molar-refractivity contribution in [2.75, 3.05) is 16.5 Å². The van der Waals surface area contributed by atoms with Crippen LogP contribution in [0.5, 0.6) is 0 Å². The molecule has 0 unspecified atom stereocenters. The Hall–Kier alpha value is -3.50. The highest BCUT2D eigenvalue weighted by Gasteiger charge is 2.19. The minimum Gasteiger partial charge on any atom is -0.399 e. The molecule has 2 aromatic carbocycles. The first-order chi connectivity index (χ1) is 12.1. The van der Waals surface area contributed by atoms with Crippen LogP contribution in [0.3, 0.4) is 0 Å². The van der Waals surface area contributed by atoms with E-state index in [9.17, 15) is 10.1 Å². The Bertz CT molecular complexity index is 1000. The second kappa shape index (κ2) is 6.55. The average Bonchev–Trinajstić information content (AvgIpc) is 2.92. The summed E-state index contributed by atoms with van der Waals surface area (Å²) in [7, 11) is 0. The van der Waals surface area contributed by atoms with Crippen LogP contribution in [-0.2, 0) is 6.54 Å². The van der Waals surface area contributed by atoms with Gasteiger partial charge in [-0.15, -0.1) is 0 Å². The van der Waals surface area contributed by atoms with Crippen LogP contribution in [0.4, 0.5) is 17.2 Å². The lowest BCUT2D eigenvalue weighted by molar-refractivity contribution is 0.102. The molecule has 5 N–H and O–H groups in total. The third-order valence-electron chi connectivity index (χ3n) is 4.00. The summed E-state index contributed by atoms with van der Waals surface area (Å²) < 4.78 is 1.84. The highest BCUT2D eigenvalue weighted by Crippen LogP contribution is 2.31. The number of nitrogens with one attached hydrogen (secondary N) is 2. The van der Waals surface area contributed by atoms with Gasteiger partial charge in [0.15, 0.2) is 0 Å². The molecule has 0 bridgehead atoms. The fourth-order valence-electron chi connectivity index (χ4n) is 2.85. The Morgan fingerprint density at radius 2 is 2.12 bits per heavy atom. The van der Waals surface area contributed by atoms with Crippen molar-refractivity contribution in [2.24, 2.45) is 0 Å². The van der Waals surface area contributed by atoms with E-state index >= 15 is 0 Å². The number of aromatic nitrogens is 1. The zero-order valence-electron chi connectivity index (χ0n) is 13.6. The maximum absolute atomic E-state index is 12.6. The average molecular weight is 335 g/mol. The van der Waals surface area contributed by atoms with Crippen molar-refractivity contribution in [1.29, 1.82) is 5.26 Å². The van der Waals surface area contributed by atoms with Crippen LogP contribution in [0.15, 0.2) is 42.5 Å². The first-order valence-electron chi connectivity index (χ1n) is 7.72. The predicted octanol–water partition coefficient (Wildman–Crippen LogP) is 3.17. The maximum atomic E-state index is 12.6. The molecule has 0 aliphatic rings. The Kier molecular flexibility index (Phi) is 4.29. The molecule has 0 fully saturated rings. The van der Waals surface area contributed by atoms with E-state index in [1.54, 1.807) is 36.4 Å². The molecule has 1 amide bonds. The number of nitriles is 1. The second-order valence-electron chi connectivity index (χ2n) is 5.50. The summed E-state index contributed by atoms with van der Waals surface area (Å²) in [6.07, 6.45) is 0. The van der Waals surface area contributed by atoms with E-state index in [2.05, 4.69) is 11.4 Å². The zero-order valence-corrected chi connectivity index (χ0v) is 13.6. The fourth-order valence-corrected chi connectivity index (χ4v) is 2.85. The van der Waals surface area contributed by atoms with Gasteiger partial charge in [-0.2, -0.15) is 5.26 Å². The highest BCUT2D eigenvalue weighted by atomic mass is 16.5. The van der Waals surface area contributed by atoms with Gasteiger partial charge in [-0.1, -0.05) is 6.07 Å². The highest BCUT2D eigenvalue weighted by molar-refractivity contribution is 6.07. The van der Waals surface area contributed by atoms with E-state index in [4.69, 9.17) is 10.9 Å². The van der Waals surface area contributed by atoms with E-state index < -0.39 is 0 Å². The largest absolute Gasteiger partial charge is 0.399 e. The van der Waals surface area contributed by atoms with Crippen LogP contribution in [0.25, 0.3) is 10.9 Å². The predicted molar refractivity (Wildman–Crippen MR) is 96.5 cm³/mol. The van der Waals surface area contributed by atoms with Crippen LogP contribution in [0, 0.1) is 11.3 Å². The third kappa shape index (κ3) is 2.86. The molecule has 0 saturated heterocycles. The number of rotatable bonds is 4. The summed E-state index contributed by atoms with van der Waals surface area (Å²) in [6, 6.07) is 13.9. The summed E-state index contributed by atoms with van der Waals surface area (Å²) in [6.45, 7) is 2.49. The van der Waals surface area contributed by atoms with E-state index in [1.807, 2.05) is 17.0 Å².